The van der Waals surface area contributed by atoms with Gasteiger partial charge in [0.15, 0.2) is 5.82 Å². The number of nitrogens with one attached hydrogen (secondary N) is 2. The van der Waals surface area contributed by atoms with E-state index in [1.165, 1.54) is 32.4 Å². The Labute approximate surface area is 142 Å². The molecule has 2 amide bonds. The first-order chi connectivity index (χ1) is 12.0. The molecule has 1 aromatic heterocycles. The van der Waals surface area contributed by atoms with E-state index in [1.54, 1.807) is 18.2 Å². The Balaban J connectivity index is 2.33. The number of aromatic hydroxyl groups is 1. The Hall–Kier alpha value is -3.69. The van der Waals surface area contributed by atoms with Gasteiger partial charge in [0, 0.05) is 0 Å². The molecule has 0 saturated carbocycles. The topological polar surface area (TPSA) is 134 Å². The molecule has 0 atom stereocenters. The molecule has 0 aliphatic carbocycles. The lowest BCUT2D eigenvalue weighted by Gasteiger charge is -2.08. The van der Waals surface area contributed by atoms with Crippen LogP contribution in [0.3, 0.4) is 0 Å². The molecule has 130 valence electrons. The van der Waals surface area contributed by atoms with Gasteiger partial charge >= 0.3 is 12.2 Å². The van der Waals surface area contributed by atoms with Crippen molar-refractivity contribution in [1.82, 2.24) is 4.98 Å². The van der Waals surface area contributed by atoms with E-state index in [0.29, 0.717) is 0 Å². The zero-order chi connectivity index (χ0) is 18.2. The number of aromatic nitrogens is 1. The van der Waals surface area contributed by atoms with Crippen molar-refractivity contribution >= 4 is 35.2 Å². The van der Waals surface area contributed by atoms with Crippen LogP contribution in [0.15, 0.2) is 46.6 Å². The molecule has 1 heterocycles. The van der Waals surface area contributed by atoms with E-state index in [-0.39, 0.29) is 28.8 Å². The normalized spacial score (nSPS) is 10.3. The quantitative estimate of drug-likeness (QED) is 0.725. The van der Waals surface area contributed by atoms with Crippen LogP contribution in [-0.4, -0.2) is 36.5 Å². The Morgan fingerprint density at radius 1 is 0.960 bits per heavy atom. The molecule has 2 aromatic rings. The van der Waals surface area contributed by atoms with E-state index in [1.807, 2.05) is 0 Å². The van der Waals surface area contributed by atoms with Gasteiger partial charge in [0.1, 0.15) is 22.9 Å². The largest absolute Gasteiger partial charge is 0.506 e. The third kappa shape index (κ3) is 4.89. The zero-order valence-corrected chi connectivity index (χ0v) is 13.4. The monoisotopic (exact) mass is 345 g/mol. The smallest absolute Gasteiger partial charge is 0.412 e. The molecular formula is C15H15N5O5. The number of rotatable bonds is 4. The van der Waals surface area contributed by atoms with Gasteiger partial charge in [0.2, 0.25) is 0 Å². The molecule has 10 nitrogen and oxygen atoms in total. The van der Waals surface area contributed by atoms with Crippen molar-refractivity contribution in [1.29, 1.82) is 0 Å². The fourth-order valence-electron chi connectivity index (χ4n) is 1.65. The zero-order valence-electron chi connectivity index (χ0n) is 13.4. The number of pyridine rings is 1. The molecule has 0 saturated heterocycles. The SMILES string of the molecule is COC(=O)Nc1ccc(/N=N/c2ccccc2O)c(NC(=O)OC)n1. The number of benzene rings is 1. The number of methoxy groups -OCH3 is 2. The van der Waals surface area contributed by atoms with E-state index in [9.17, 15) is 14.7 Å². The Kier molecular flexibility index (Phi) is 5.82. The second-order valence-corrected chi connectivity index (χ2v) is 4.49. The number of amides is 2. The summed E-state index contributed by atoms with van der Waals surface area (Å²) >= 11 is 0. The average Bonchev–Trinajstić information content (AvgIpc) is 2.62. The number of phenolic OH excluding ortho intramolecular Hbond substituents is 1. The van der Waals surface area contributed by atoms with Crippen LogP contribution in [0.5, 0.6) is 5.75 Å². The van der Waals surface area contributed by atoms with Crippen LogP contribution in [0.25, 0.3) is 0 Å². The number of anilines is 2. The van der Waals surface area contributed by atoms with Crippen LogP contribution in [0.1, 0.15) is 0 Å². The number of ether oxygens (including phenoxy) is 2. The number of phenols is 1. The van der Waals surface area contributed by atoms with Gasteiger partial charge in [0.25, 0.3) is 0 Å². The predicted octanol–water partition coefficient (Wildman–Crippen LogP) is 3.56. The van der Waals surface area contributed by atoms with E-state index >= 15 is 0 Å². The number of hydrogen-bond donors (Lipinski definition) is 3. The number of nitrogens with zero attached hydrogens (tertiary/aromatic N) is 3. The molecule has 2 rings (SSSR count). The first-order valence-corrected chi connectivity index (χ1v) is 6.94. The number of azo groups is 1. The van der Waals surface area contributed by atoms with Crippen LogP contribution in [0.4, 0.5) is 32.6 Å². The molecule has 25 heavy (non-hydrogen) atoms. The minimum Gasteiger partial charge on any atom is -0.506 e. The summed E-state index contributed by atoms with van der Waals surface area (Å²) in [5.41, 5.74) is 0.423. The highest BCUT2D eigenvalue weighted by atomic mass is 16.5. The van der Waals surface area contributed by atoms with Crippen LogP contribution in [0.2, 0.25) is 0 Å². The fraction of sp³-hybridized carbons (Fsp3) is 0.133. The van der Waals surface area contributed by atoms with Gasteiger partial charge in [-0.15, -0.1) is 10.2 Å². The summed E-state index contributed by atoms with van der Waals surface area (Å²) < 4.78 is 8.99. The highest BCUT2D eigenvalue weighted by Crippen LogP contribution is 2.30. The maximum atomic E-state index is 11.5. The van der Waals surface area contributed by atoms with Gasteiger partial charge in [-0.1, -0.05) is 12.1 Å². The lowest BCUT2D eigenvalue weighted by Crippen LogP contribution is -2.15. The predicted molar refractivity (Wildman–Crippen MR) is 88.6 cm³/mol. The Morgan fingerprint density at radius 2 is 1.60 bits per heavy atom. The summed E-state index contributed by atoms with van der Waals surface area (Å²) in [4.78, 5) is 26.7. The summed E-state index contributed by atoms with van der Waals surface area (Å²) in [6.45, 7) is 0. The van der Waals surface area contributed by atoms with E-state index in [4.69, 9.17) is 0 Å². The summed E-state index contributed by atoms with van der Waals surface area (Å²) in [5.74, 6) is 0.0744. The van der Waals surface area contributed by atoms with Gasteiger partial charge in [-0.25, -0.2) is 14.6 Å². The molecule has 1 aromatic carbocycles. The molecule has 0 fully saturated rings. The summed E-state index contributed by atoms with van der Waals surface area (Å²) in [7, 11) is 2.40. The number of para-hydroxylation sites is 1. The standard InChI is InChI=1S/C15H15N5O5/c1-24-14(22)17-12-8-7-10(13(16-12)18-15(23)25-2)20-19-9-5-3-4-6-11(9)21/h3-8,21H,1-2H3,(H2,16,17,18,22,23)/b20-19+. The highest BCUT2D eigenvalue weighted by Gasteiger charge is 2.11. The highest BCUT2D eigenvalue weighted by molar-refractivity contribution is 5.89. The van der Waals surface area contributed by atoms with Crippen molar-refractivity contribution < 1.29 is 24.2 Å². The van der Waals surface area contributed by atoms with Crippen LogP contribution in [0, 0.1) is 0 Å². The van der Waals surface area contributed by atoms with Gasteiger partial charge in [-0.2, -0.15) is 0 Å². The first kappa shape index (κ1) is 17.7. The molecule has 0 unspecified atom stereocenters. The van der Waals surface area contributed by atoms with E-state index in [0.717, 1.165) is 0 Å². The molecule has 0 aliphatic heterocycles. The van der Waals surface area contributed by atoms with Crippen molar-refractivity contribution in [2.24, 2.45) is 10.2 Å². The van der Waals surface area contributed by atoms with E-state index in [2.05, 4.69) is 35.3 Å². The van der Waals surface area contributed by atoms with Crippen molar-refractivity contribution in [2.75, 3.05) is 24.9 Å². The minimum absolute atomic E-state index is 0.0000704. The van der Waals surface area contributed by atoms with Gasteiger partial charge in [-0.05, 0) is 24.3 Å². The Bertz CT molecular complexity index is 809. The van der Waals surface area contributed by atoms with Crippen molar-refractivity contribution in [3.8, 4) is 5.75 Å². The van der Waals surface area contributed by atoms with Crippen LogP contribution < -0.4 is 10.6 Å². The van der Waals surface area contributed by atoms with Crippen LogP contribution >= 0.6 is 0 Å². The first-order valence-electron chi connectivity index (χ1n) is 6.94. The lowest BCUT2D eigenvalue weighted by molar-refractivity contribution is 0.186. The maximum absolute atomic E-state index is 11.5. The molecule has 3 N–H and O–H groups in total. The third-order valence-electron chi connectivity index (χ3n) is 2.84. The summed E-state index contributed by atoms with van der Waals surface area (Å²) in [5, 5.41) is 22.3. The number of hydrogen-bond acceptors (Lipinski definition) is 8. The van der Waals surface area contributed by atoms with Gasteiger partial charge in [-0.3, -0.25) is 10.6 Å². The summed E-state index contributed by atoms with van der Waals surface area (Å²) in [6.07, 6.45) is -1.50. The van der Waals surface area contributed by atoms with Gasteiger partial charge in [0.05, 0.1) is 14.2 Å². The average molecular weight is 345 g/mol. The number of carbonyl (C=O) groups excluding carboxylic acids is 2. The Morgan fingerprint density at radius 3 is 2.28 bits per heavy atom. The molecule has 0 aliphatic rings. The molecule has 0 bridgehead atoms. The molecule has 0 spiro atoms. The van der Waals surface area contributed by atoms with Crippen molar-refractivity contribution in [3.05, 3.63) is 36.4 Å². The number of carbonyl (C=O) groups is 2. The molecule has 10 heteroatoms. The summed E-state index contributed by atoms with van der Waals surface area (Å²) in [6, 6.07) is 9.26. The molecule has 0 radical (unpaired) electrons. The second kappa shape index (κ2) is 8.24. The van der Waals surface area contributed by atoms with Crippen molar-refractivity contribution in [2.45, 2.75) is 0 Å². The minimum atomic E-state index is -0.776. The fourth-order valence-corrected chi connectivity index (χ4v) is 1.65. The van der Waals surface area contributed by atoms with Crippen LogP contribution in [-0.2, 0) is 9.47 Å². The third-order valence-corrected chi connectivity index (χ3v) is 2.84. The lowest BCUT2D eigenvalue weighted by atomic mass is 10.3. The van der Waals surface area contributed by atoms with E-state index < -0.39 is 12.2 Å². The second-order valence-electron chi connectivity index (χ2n) is 4.49. The van der Waals surface area contributed by atoms with Crippen molar-refractivity contribution in [3.63, 3.8) is 0 Å². The molecular weight excluding hydrogens is 330 g/mol. The van der Waals surface area contributed by atoms with Gasteiger partial charge < -0.3 is 14.6 Å². The maximum Gasteiger partial charge on any atom is 0.412 e.